The first kappa shape index (κ1) is 75.6. The van der Waals surface area contributed by atoms with Crippen molar-refractivity contribution in [2.24, 2.45) is 0 Å². The molecular formula is C72H134O6. The van der Waals surface area contributed by atoms with E-state index in [1.54, 1.807) is 0 Å². The van der Waals surface area contributed by atoms with Crippen molar-refractivity contribution >= 4 is 17.9 Å². The molecule has 0 aromatic carbocycles. The number of esters is 3. The zero-order valence-electron chi connectivity index (χ0n) is 52.7. The van der Waals surface area contributed by atoms with Crippen LogP contribution in [0.3, 0.4) is 0 Å². The Morgan fingerprint density at radius 2 is 0.462 bits per heavy atom. The van der Waals surface area contributed by atoms with Gasteiger partial charge in [-0.2, -0.15) is 0 Å². The Morgan fingerprint density at radius 1 is 0.256 bits per heavy atom. The molecule has 0 aliphatic carbocycles. The van der Waals surface area contributed by atoms with Gasteiger partial charge in [0.05, 0.1) is 0 Å². The van der Waals surface area contributed by atoms with Crippen molar-refractivity contribution in [2.75, 3.05) is 13.2 Å². The summed E-state index contributed by atoms with van der Waals surface area (Å²) in [4.78, 5) is 38.1. The predicted octanol–water partition coefficient (Wildman–Crippen LogP) is 23.9. The van der Waals surface area contributed by atoms with Gasteiger partial charge in [-0.25, -0.2) is 0 Å². The van der Waals surface area contributed by atoms with Crippen molar-refractivity contribution in [3.63, 3.8) is 0 Å². The number of carbonyl (C=O) groups excluding carboxylic acids is 3. The maximum absolute atomic E-state index is 12.9. The molecule has 0 radical (unpaired) electrons. The Hall–Kier alpha value is -2.37. The number of hydrogen-bond acceptors (Lipinski definition) is 6. The third-order valence-corrected chi connectivity index (χ3v) is 15.9. The third kappa shape index (κ3) is 64.5. The van der Waals surface area contributed by atoms with Crippen LogP contribution in [-0.4, -0.2) is 37.2 Å². The van der Waals surface area contributed by atoms with Crippen LogP contribution < -0.4 is 0 Å². The number of carbonyl (C=O) groups is 3. The van der Waals surface area contributed by atoms with E-state index in [-0.39, 0.29) is 31.1 Å². The lowest BCUT2D eigenvalue weighted by Crippen LogP contribution is -2.30. The van der Waals surface area contributed by atoms with Crippen LogP contribution in [0.1, 0.15) is 387 Å². The van der Waals surface area contributed by atoms with E-state index in [9.17, 15) is 14.4 Å². The second-order valence-corrected chi connectivity index (χ2v) is 23.8. The second kappa shape index (κ2) is 67.1. The maximum Gasteiger partial charge on any atom is 0.306 e. The predicted molar refractivity (Wildman–Crippen MR) is 339 cm³/mol. The summed E-state index contributed by atoms with van der Waals surface area (Å²) in [5.74, 6) is -0.870. The van der Waals surface area contributed by atoms with Crippen LogP contribution in [0.15, 0.2) is 36.5 Å². The minimum Gasteiger partial charge on any atom is -0.462 e. The Balaban J connectivity index is 4.00. The molecular weight excluding hydrogens is 961 g/mol. The van der Waals surface area contributed by atoms with Crippen LogP contribution in [-0.2, 0) is 28.6 Å². The van der Waals surface area contributed by atoms with Gasteiger partial charge in [0.15, 0.2) is 6.10 Å². The fourth-order valence-electron chi connectivity index (χ4n) is 10.6. The van der Waals surface area contributed by atoms with Crippen LogP contribution in [0, 0.1) is 0 Å². The summed E-state index contributed by atoms with van der Waals surface area (Å²) >= 11 is 0. The van der Waals surface area contributed by atoms with E-state index in [0.717, 1.165) is 77.0 Å². The van der Waals surface area contributed by atoms with E-state index in [1.165, 1.54) is 270 Å². The molecule has 0 bridgehead atoms. The first-order valence-electron chi connectivity index (χ1n) is 35.0. The lowest BCUT2D eigenvalue weighted by molar-refractivity contribution is -0.167. The molecule has 0 spiro atoms. The van der Waals surface area contributed by atoms with Crippen molar-refractivity contribution in [2.45, 2.75) is 393 Å². The fraction of sp³-hybridized carbons (Fsp3) is 0.875. The molecule has 0 rings (SSSR count). The van der Waals surface area contributed by atoms with Crippen LogP contribution in [0.2, 0.25) is 0 Å². The van der Waals surface area contributed by atoms with Crippen molar-refractivity contribution in [1.29, 1.82) is 0 Å². The first-order chi connectivity index (χ1) is 38.5. The monoisotopic (exact) mass is 1100 g/mol. The van der Waals surface area contributed by atoms with Crippen LogP contribution in [0.4, 0.5) is 0 Å². The van der Waals surface area contributed by atoms with Gasteiger partial charge in [0.1, 0.15) is 13.2 Å². The molecule has 0 heterocycles. The fourth-order valence-corrected chi connectivity index (χ4v) is 10.6. The maximum atomic E-state index is 12.9. The second-order valence-electron chi connectivity index (χ2n) is 23.8. The summed E-state index contributed by atoms with van der Waals surface area (Å²) in [5, 5.41) is 0. The van der Waals surface area contributed by atoms with Gasteiger partial charge < -0.3 is 14.2 Å². The van der Waals surface area contributed by atoms with Gasteiger partial charge in [-0.15, -0.1) is 0 Å². The number of rotatable bonds is 65. The summed E-state index contributed by atoms with van der Waals surface area (Å²) in [6.45, 7) is 6.64. The Bertz CT molecular complexity index is 1300. The molecule has 0 aliphatic heterocycles. The molecule has 0 amide bonds. The van der Waals surface area contributed by atoms with Crippen LogP contribution in [0.25, 0.3) is 0 Å². The van der Waals surface area contributed by atoms with Crippen LogP contribution >= 0.6 is 0 Å². The van der Waals surface area contributed by atoms with Crippen molar-refractivity contribution in [3.05, 3.63) is 36.5 Å². The molecule has 1 unspecified atom stereocenters. The standard InChI is InChI=1S/C72H134O6/c1-4-7-10-13-16-18-20-22-24-26-28-30-31-32-33-34-35-36-37-38-39-40-42-43-45-47-49-51-53-56-59-62-65-71(74)77-68-69(67-76-70(73)64-61-58-55-15-12-9-6-3)78-72(75)66-63-60-57-54-52-50-48-46-44-41-29-27-25-23-21-19-17-14-11-8-5-2/h21,23,27,29,44,46,69H,4-20,22,24-26,28,30-43,45,47-68H2,1-3H3/b23-21-,29-27-,46-44-. The van der Waals surface area contributed by atoms with Crippen molar-refractivity contribution in [1.82, 2.24) is 0 Å². The van der Waals surface area contributed by atoms with Gasteiger partial charge >= 0.3 is 17.9 Å². The van der Waals surface area contributed by atoms with Crippen molar-refractivity contribution < 1.29 is 28.6 Å². The largest absolute Gasteiger partial charge is 0.462 e. The zero-order valence-corrected chi connectivity index (χ0v) is 52.7. The van der Waals surface area contributed by atoms with E-state index >= 15 is 0 Å². The summed E-state index contributed by atoms with van der Waals surface area (Å²) in [5.41, 5.74) is 0. The van der Waals surface area contributed by atoms with E-state index < -0.39 is 6.10 Å². The number of ether oxygens (including phenoxy) is 3. The smallest absolute Gasteiger partial charge is 0.306 e. The van der Waals surface area contributed by atoms with E-state index in [1.807, 2.05) is 0 Å². The Kier molecular flexibility index (Phi) is 65.1. The van der Waals surface area contributed by atoms with Crippen molar-refractivity contribution in [3.8, 4) is 0 Å². The molecule has 0 aromatic rings. The van der Waals surface area contributed by atoms with Gasteiger partial charge in [-0.05, 0) is 57.8 Å². The molecule has 1 atom stereocenters. The quantitative estimate of drug-likeness (QED) is 0.0261. The highest BCUT2D eigenvalue weighted by Crippen LogP contribution is 2.19. The molecule has 0 aromatic heterocycles. The van der Waals surface area contributed by atoms with E-state index in [2.05, 4.69) is 57.2 Å². The minimum absolute atomic E-state index is 0.0731. The molecule has 0 aliphatic rings. The number of allylic oxidation sites excluding steroid dienone is 6. The Labute approximate surface area is 486 Å². The Morgan fingerprint density at radius 3 is 0.718 bits per heavy atom. The number of hydrogen-bond donors (Lipinski definition) is 0. The minimum atomic E-state index is -0.775. The average molecular weight is 1100 g/mol. The SMILES string of the molecule is CCCCCCC/C=C\C/C=C\C/C=C\CCCCCCCCC(=O)OC(COC(=O)CCCCCCCCC)COC(=O)CCCCCCCCCCCCCCCCCCCCCCCCCCCCCCCCCC. The topological polar surface area (TPSA) is 78.9 Å². The lowest BCUT2D eigenvalue weighted by atomic mass is 10.0. The molecule has 78 heavy (non-hydrogen) atoms. The molecule has 0 saturated heterocycles. The summed E-state index contributed by atoms with van der Waals surface area (Å²) in [6, 6.07) is 0. The molecule has 0 saturated carbocycles. The zero-order chi connectivity index (χ0) is 56.4. The van der Waals surface area contributed by atoms with Crippen LogP contribution in [0.5, 0.6) is 0 Å². The third-order valence-electron chi connectivity index (χ3n) is 15.9. The lowest BCUT2D eigenvalue weighted by Gasteiger charge is -2.18. The van der Waals surface area contributed by atoms with E-state index in [0.29, 0.717) is 19.3 Å². The molecule has 0 N–H and O–H groups in total. The molecule has 458 valence electrons. The van der Waals surface area contributed by atoms with Gasteiger partial charge in [0.2, 0.25) is 0 Å². The average Bonchev–Trinajstić information content (AvgIpc) is 3.44. The van der Waals surface area contributed by atoms with Gasteiger partial charge in [0.25, 0.3) is 0 Å². The summed E-state index contributed by atoms with van der Waals surface area (Å²) in [6.07, 6.45) is 83.6. The van der Waals surface area contributed by atoms with Gasteiger partial charge in [-0.1, -0.05) is 346 Å². The normalized spacial score (nSPS) is 12.2. The first-order valence-corrected chi connectivity index (χ1v) is 35.0. The molecule has 0 fully saturated rings. The summed E-state index contributed by atoms with van der Waals surface area (Å²) in [7, 11) is 0. The van der Waals surface area contributed by atoms with Gasteiger partial charge in [-0.3, -0.25) is 14.4 Å². The van der Waals surface area contributed by atoms with Gasteiger partial charge in [0, 0.05) is 19.3 Å². The number of unbranched alkanes of at least 4 members (excludes halogenated alkanes) is 48. The molecule has 6 heteroatoms. The highest BCUT2D eigenvalue weighted by Gasteiger charge is 2.19. The summed E-state index contributed by atoms with van der Waals surface area (Å²) < 4.78 is 16.9. The highest BCUT2D eigenvalue weighted by atomic mass is 16.6. The molecule has 6 nitrogen and oxygen atoms in total. The highest BCUT2D eigenvalue weighted by molar-refractivity contribution is 5.71. The van der Waals surface area contributed by atoms with E-state index in [4.69, 9.17) is 14.2 Å².